The van der Waals surface area contributed by atoms with E-state index in [0.29, 0.717) is 43.6 Å². The normalized spacial score (nSPS) is 16.6. The molecule has 9 heteroatoms. The quantitative estimate of drug-likeness (QED) is 0.716. The number of carbonyl (C=O) groups excluding carboxylic acids is 1. The molecule has 5 nitrogen and oxygen atoms in total. The summed E-state index contributed by atoms with van der Waals surface area (Å²) in [5.74, 6) is -1.76. The van der Waals surface area contributed by atoms with E-state index in [1.54, 1.807) is 12.3 Å². The number of rotatable bonds is 3. The molecule has 1 aromatic heterocycles. The zero-order chi connectivity index (χ0) is 22.3. The first-order valence-corrected chi connectivity index (χ1v) is 10.4. The van der Waals surface area contributed by atoms with Gasteiger partial charge >= 0.3 is 12.1 Å². The van der Waals surface area contributed by atoms with Gasteiger partial charge in [0.15, 0.2) is 0 Å². The highest BCUT2D eigenvalue weighted by atomic mass is 35.5. The van der Waals surface area contributed by atoms with Crippen LogP contribution in [-0.4, -0.2) is 34.6 Å². The van der Waals surface area contributed by atoms with E-state index in [1.807, 2.05) is 4.90 Å². The highest BCUT2D eigenvalue weighted by Crippen LogP contribution is 2.38. The van der Waals surface area contributed by atoms with Gasteiger partial charge in [0, 0.05) is 30.6 Å². The van der Waals surface area contributed by atoms with Crippen molar-refractivity contribution in [1.82, 2.24) is 4.57 Å². The van der Waals surface area contributed by atoms with Crippen LogP contribution in [0.25, 0.3) is 0 Å². The molecule has 0 radical (unpaired) electrons. The van der Waals surface area contributed by atoms with E-state index in [1.165, 1.54) is 16.7 Å². The Morgan fingerprint density at radius 2 is 1.84 bits per heavy atom. The maximum atomic E-state index is 13.6. The number of aliphatic carboxylic acids is 1. The topological polar surface area (TPSA) is 62.5 Å². The summed E-state index contributed by atoms with van der Waals surface area (Å²) in [6, 6.07) is 3.32. The minimum Gasteiger partial charge on any atom is -0.478 e. The number of hydrogen-bond acceptors (Lipinski definition) is 3. The maximum Gasteiger partial charge on any atom is 0.417 e. The molecule has 0 bridgehead atoms. The van der Waals surface area contributed by atoms with Crippen molar-refractivity contribution in [1.29, 1.82) is 0 Å². The third-order valence-electron chi connectivity index (χ3n) is 5.87. The number of carboxylic acids is 1. The van der Waals surface area contributed by atoms with Gasteiger partial charge in [0.25, 0.3) is 5.91 Å². The number of alkyl halides is 3. The number of halogens is 4. The molecule has 164 valence electrons. The Balaban J connectivity index is 1.78. The van der Waals surface area contributed by atoms with Crippen LogP contribution in [0.4, 0.5) is 18.9 Å². The molecule has 1 aliphatic carbocycles. The molecule has 1 N–H and O–H groups in total. The zero-order valence-electron chi connectivity index (χ0n) is 16.5. The number of aromatic nitrogens is 1. The first-order valence-electron chi connectivity index (χ1n) is 9.99. The Kier molecular flexibility index (Phi) is 5.60. The van der Waals surface area contributed by atoms with E-state index in [-0.39, 0.29) is 5.02 Å². The van der Waals surface area contributed by atoms with Gasteiger partial charge in [-0.05, 0) is 49.8 Å². The largest absolute Gasteiger partial charge is 0.478 e. The molecular formula is C22H20ClF3N2O3. The van der Waals surface area contributed by atoms with Gasteiger partial charge in [-0.15, -0.1) is 0 Å². The van der Waals surface area contributed by atoms with Crippen molar-refractivity contribution in [2.45, 2.75) is 38.3 Å². The number of carboxylic acid groups (broad SMARTS) is 1. The third kappa shape index (κ3) is 3.96. The number of hydrogen-bond donors (Lipinski definition) is 1. The van der Waals surface area contributed by atoms with E-state index < -0.39 is 29.2 Å². The van der Waals surface area contributed by atoms with Crippen LogP contribution in [0, 0.1) is 0 Å². The first kappa shape index (κ1) is 21.5. The van der Waals surface area contributed by atoms with Crippen LogP contribution in [0.5, 0.6) is 0 Å². The average molecular weight is 453 g/mol. The molecule has 0 atom stereocenters. The second-order valence-corrected chi connectivity index (χ2v) is 8.12. The molecule has 1 aromatic carbocycles. The van der Waals surface area contributed by atoms with Crippen molar-refractivity contribution < 1.29 is 27.9 Å². The SMILES string of the molecule is O=C(O)C1=CCN(c2cn(C(=O)c3c(Cl)cccc3C(F)(F)F)c3c2CCCC3)CC1. The molecule has 4 rings (SSSR count). The lowest BCUT2D eigenvalue weighted by molar-refractivity contribution is -0.138. The fraction of sp³-hybridized carbons (Fsp3) is 0.364. The van der Waals surface area contributed by atoms with Crippen LogP contribution in [0.2, 0.25) is 5.02 Å². The van der Waals surface area contributed by atoms with Crippen LogP contribution in [0.1, 0.15) is 46.4 Å². The molecular weight excluding hydrogens is 433 g/mol. The standard InChI is InChI=1S/C22H20ClF3N2O3/c23-16-6-3-5-15(22(24,25)26)19(16)20(29)28-12-18(14-4-1-2-7-17(14)28)27-10-8-13(9-11-27)21(30)31/h3,5-6,8,12H,1-2,4,7,9-11H2,(H,30,31). The van der Waals surface area contributed by atoms with Crippen LogP contribution < -0.4 is 4.90 Å². The molecule has 0 unspecified atom stereocenters. The lowest BCUT2D eigenvalue weighted by atomic mass is 9.96. The Morgan fingerprint density at radius 1 is 1.10 bits per heavy atom. The lowest BCUT2D eigenvalue weighted by Crippen LogP contribution is -2.30. The number of anilines is 1. The van der Waals surface area contributed by atoms with Crippen molar-refractivity contribution in [3.05, 3.63) is 63.5 Å². The summed E-state index contributed by atoms with van der Waals surface area (Å²) in [6.07, 6.45) is 1.91. The van der Waals surface area contributed by atoms with E-state index >= 15 is 0 Å². The highest BCUT2D eigenvalue weighted by molar-refractivity contribution is 6.34. The van der Waals surface area contributed by atoms with Crippen molar-refractivity contribution >= 4 is 29.2 Å². The Labute approximate surface area is 181 Å². The molecule has 0 fully saturated rings. The first-order chi connectivity index (χ1) is 14.7. The molecule has 1 aliphatic heterocycles. The van der Waals surface area contributed by atoms with Crippen molar-refractivity contribution in [2.75, 3.05) is 18.0 Å². The number of nitrogens with zero attached hydrogens (tertiary/aromatic N) is 2. The number of benzene rings is 1. The minimum absolute atomic E-state index is 0.244. The van der Waals surface area contributed by atoms with Gasteiger partial charge in [-0.25, -0.2) is 4.79 Å². The van der Waals surface area contributed by atoms with Crippen molar-refractivity contribution in [3.8, 4) is 0 Å². The monoisotopic (exact) mass is 452 g/mol. The van der Waals surface area contributed by atoms with E-state index in [2.05, 4.69) is 0 Å². The molecule has 2 aliphatic rings. The van der Waals surface area contributed by atoms with Gasteiger partial charge in [0.05, 0.1) is 21.8 Å². The Hall–Kier alpha value is -2.74. The summed E-state index contributed by atoms with van der Waals surface area (Å²) in [4.78, 5) is 26.5. The van der Waals surface area contributed by atoms with Gasteiger partial charge in [0.2, 0.25) is 0 Å². The lowest BCUT2D eigenvalue weighted by Gasteiger charge is -2.28. The van der Waals surface area contributed by atoms with E-state index in [4.69, 9.17) is 16.7 Å². The zero-order valence-corrected chi connectivity index (χ0v) is 17.3. The Bertz CT molecular complexity index is 1090. The third-order valence-corrected chi connectivity index (χ3v) is 6.18. The van der Waals surface area contributed by atoms with E-state index in [9.17, 15) is 22.8 Å². The smallest absolute Gasteiger partial charge is 0.417 e. The second kappa shape index (κ2) is 8.07. The van der Waals surface area contributed by atoms with Gasteiger partial charge < -0.3 is 10.0 Å². The summed E-state index contributed by atoms with van der Waals surface area (Å²) < 4.78 is 42.0. The van der Waals surface area contributed by atoms with Gasteiger partial charge in [0.1, 0.15) is 0 Å². The second-order valence-electron chi connectivity index (χ2n) is 7.71. The number of fused-ring (bicyclic) bond motifs is 1. The molecule has 0 saturated carbocycles. The fourth-order valence-corrected chi connectivity index (χ4v) is 4.60. The Morgan fingerprint density at radius 3 is 2.48 bits per heavy atom. The van der Waals surface area contributed by atoms with Crippen LogP contribution in [-0.2, 0) is 23.8 Å². The maximum absolute atomic E-state index is 13.6. The summed E-state index contributed by atoms with van der Waals surface area (Å²) >= 11 is 6.06. The van der Waals surface area contributed by atoms with Gasteiger partial charge in [-0.1, -0.05) is 23.7 Å². The molecule has 2 heterocycles. The predicted molar refractivity (Wildman–Crippen MR) is 110 cm³/mol. The van der Waals surface area contributed by atoms with Crippen LogP contribution in [0.3, 0.4) is 0 Å². The summed E-state index contributed by atoms with van der Waals surface area (Å²) in [5, 5.41) is 8.92. The number of carbonyl (C=O) groups is 2. The van der Waals surface area contributed by atoms with Crippen LogP contribution >= 0.6 is 11.6 Å². The predicted octanol–water partition coefficient (Wildman–Crippen LogP) is 4.95. The van der Waals surface area contributed by atoms with Crippen LogP contribution in [0.15, 0.2) is 36.0 Å². The average Bonchev–Trinajstić information content (AvgIpc) is 3.12. The molecule has 2 aromatic rings. The summed E-state index contributed by atoms with van der Waals surface area (Å²) in [5.41, 5.74) is 1.13. The highest BCUT2D eigenvalue weighted by Gasteiger charge is 2.37. The molecule has 0 spiro atoms. The van der Waals surface area contributed by atoms with Gasteiger partial charge in [-0.3, -0.25) is 9.36 Å². The molecule has 31 heavy (non-hydrogen) atoms. The van der Waals surface area contributed by atoms with Crippen molar-refractivity contribution in [3.63, 3.8) is 0 Å². The van der Waals surface area contributed by atoms with Gasteiger partial charge in [-0.2, -0.15) is 13.2 Å². The van der Waals surface area contributed by atoms with Crippen molar-refractivity contribution in [2.24, 2.45) is 0 Å². The molecule has 0 saturated heterocycles. The minimum atomic E-state index is -4.71. The molecule has 0 amide bonds. The summed E-state index contributed by atoms with van der Waals surface area (Å²) in [7, 11) is 0. The summed E-state index contributed by atoms with van der Waals surface area (Å²) in [6.45, 7) is 0.828. The fourth-order valence-electron chi connectivity index (χ4n) is 4.34. The van der Waals surface area contributed by atoms with E-state index in [0.717, 1.165) is 30.2 Å².